The maximum atomic E-state index is 12.2. The van der Waals surface area contributed by atoms with Gasteiger partial charge in [0.25, 0.3) is 5.91 Å². The zero-order chi connectivity index (χ0) is 21.3. The van der Waals surface area contributed by atoms with Crippen molar-refractivity contribution in [1.29, 1.82) is 0 Å². The number of hydrogen-bond donors (Lipinski definition) is 0. The Hall–Kier alpha value is -1.84. The van der Waals surface area contributed by atoms with Gasteiger partial charge in [-0.1, -0.05) is 24.6 Å². The van der Waals surface area contributed by atoms with Crippen molar-refractivity contribution < 1.29 is 9.59 Å². The molecular formula is C26H33NO3. The van der Waals surface area contributed by atoms with Gasteiger partial charge in [0, 0.05) is 23.4 Å². The first-order valence-corrected chi connectivity index (χ1v) is 11.8. The lowest BCUT2D eigenvalue weighted by atomic mass is 9.46. The molecule has 0 aromatic heterocycles. The summed E-state index contributed by atoms with van der Waals surface area (Å²) in [6.45, 7) is 10.9. The standard InChI is InChI=1S/C26H33NO3/c1-4-25-11-9-20-24(22(25)12-15(3)19(25)6-7-23(29)27-30)18-14-17(18)21-13-16(28)8-10-26(20,21)5-2/h4-5,13,15,17-20,22,24H,1-2,6-12,14H2,3H3/t15?,17-,18?,19-,20+,22?,24?,25?,26?/m1/s1. The van der Waals surface area contributed by atoms with Gasteiger partial charge in [0.1, 0.15) is 0 Å². The van der Waals surface area contributed by atoms with Gasteiger partial charge < -0.3 is 0 Å². The van der Waals surface area contributed by atoms with Crippen LogP contribution >= 0.6 is 0 Å². The zero-order valence-electron chi connectivity index (χ0n) is 18.0. The molecule has 0 aromatic rings. The number of ketones is 1. The van der Waals surface area contributed by atoms with Gasteiger partial charge in [-0.15, -0.1) is 18.1 Å². The molecule has 0 aromatic carbocycles. The summed E-state index contributed by atoms with van der Waals surface area (Å²) >= 11 is 0. The van der Waals surface area contributed by atoms with Gasteiger partial charge in [-0.3, -0.25) is 9.59 Å². The Bertz CT molecular complexity index is 858. The second kappa shape index (κ2) is 6.83. The molecule has 4 saturated carbocycles. The third kappa shape index (κ3) is 2.51. The third-order valence-corrected chi connectivity index (χ3v) is 10.1. The Labute approximate surface area is 179 Å². The lowest BCUT2D eigenvalue weighted by Gasteiger charge is -2.58. The Morgan fingerprint density at radius 2 is 2.03 bits per heavy atom. The summed E-state index contributed by atoms with van der Waals surface area (Å²) in [6, 6.07) is 0. The fraction of sp³-hybridized carbons (Fsp3) is 0.692. The normalized spacial score (nSPS) is 48.4. The van der Waals surface area contributed by atoms with Crippen molar-refractivity contribution in [3.63, 3.8) is 0 Å². The molecule has 6 unspecified atom stereocenters. The van der Waals surface area contributed by atoms with Gasteiger partial charge in [-0.25, -0.2) is 0 Å². The van der Waals surface area contributed by atoms with E-state index >= 15 is 0 Å². The van der Waals surface area contributed by atoms with E-state index in [1.54, 1.807) is 0 Å². The Kier molecular flexibility index (Phi) is 4.57. The number of fused-ring (bicyclic) bond motifs is 8. The number of rotatable bonds is 5. The van der Waals surface area contributed by atoms with Crippen molar-refractivity contribution in [3.05, 3.63) is 41.9 Å². The SMILES string of the molecule is C=CC12CCC(=O)C=C1[C@@H]1CC1C1C3CC(C)[C@@H](CCC(=O)N=O)C3(C=C)CC[C@@H]12. The molecule has 0 radical (unpaired) electrons. The third-order valence-electron chi connectivity index (χ3n) is 10.1. The highest BCUT2D eigenvalue weighted by molar-refractivity contribution is 5.92. The predicted molar refractivity (Wildman–Crippen MR) is 116 cm³/mol. The predicted octanol–water partition coefficient (Wildman–Crippen LogP) is 5.64. The van der Waals surface area contributed by atoms with E-state index in [9.17, 15) is 14.5 Å². The van der Waals surface area contributed by atoms with Crippen molar-refractivity contribution in [2.75, 3.05) is 0 Å². The minimum Gasteiger partial charge on any atom is -0.295 e. The maximum Gasteiger partial charge on any atom is 0.286 e. The first-order valence-electron chi connectivity index (χ1n) is 11.8. The van der Waals surface area contributed by atoms with Crippen molar-refractivity contribution in [3.8, 4) is 0 Å². The molecule has 5 rings (SSSR count). The molecule has 5 aliphatic carbocycles. The monoisotopic (exact) mass is 407 g/mol. The van der Waals surface area contributed by atoms with Crippen LogP contribution in [0.25, 0.3) is 0 Å². The summed E-state index contributed by atoms with van der Waals surface area (Å²) in [4.78, 5) is 34.5. The minimum atomic E-state index is -0.522. The number of nitrogens with zero attached hydrogens (tertiary/aromatic N) is 1. The van der Waals surface area contributed by atoms with Crippen LogP contribution in [-0.4, -0.2) is 11.7 Å². The zero-order valence-corrected chi connectivity index (χ0v) is 18.0. The van der Waals surface area contributed by atoms with Gasteiger partial charge in [0.2, 0.25) is 0 Å². The summed E-state index contributed by atoms with van der Waals surface area (Å²) < 4.78 is 0. The van der Waals surface area contributed by atoms with Crippen LogP contribution in [0.2, 0.25) is 0 Å². The summed E-state index contributed by atoms with van der Waals surface area (Å²) in [5.74, 6) is 3.74. The van der Waals surface area contributed by atoms with E-state index in [-0.39, 0.29) is 17.3 Å². The maximum absolute atomic E-state index is 12.2. The summed E-state index contributed by atoms with van der Waals surface area (Å²) in [7, 11) is 0. The first kappa shape index (κ1) is 20.1. The van der Waals surface area contributed by atoms with Crippen molar-refractivity contribution in [2.24, 2.45) is 57.4 Å². The van der Waals surface area contributed by atoms with Gasteiger partial charge in [-0.05, 0) is 91.4 Å². The molecule has 0 spiro atoms. The molecule has 0 saturated heterocycles. The van der Waals surface area contributed by atoms with Crippen LogP contribution in [0.15, 0.2) is 42.1 Å². The summed E-state index contributed by atoms with van der Waals surface area (Å²) in [6.07, 6.45) is 13.6. The molecule has 30 heavy (non-hydrogen) atoms. The number of nitroso groups, excluding NO2 is 1. The fourth-order valence-corrected chi connectivity index (χ4v) is 8.91. The molecule has 0 N–H and O–H groups in total. The van der Waals surface area contributed by atoms with Crippen LogP contribution in [-0.2, 0) is 9.59 Å². The molecular weight excluding hydrogens is 374 g/mol. The van der Waals surface area contributed by atoms with Crippen LogP contribution < -0.4 is 0 Å². The number of allylic oxidation sites excluding steroid dienone is 3. The molecule has 0 bridgehead atoms. The van der Waals surface area contributed by atoms with Gasteiger partial charge >= 0.3 is 0 Å². The Balaban J connectivity index is 1.51. The van der Waals surface area contributed by atoms with Gasteiger partial charge in [0.15, 0.2) is 5.78 Å². The first-order chi connectivity index (χ1) is 14.4. The Morgan fingerprint density at radius 1 is 1.23 bits per heavy atom. The van der Waals surface area contributed by atoms with E-state index in [4.69, 9.17) is 0 Å². The topological polar surface area (TPSA) is 63.6 Å². The van der Waals surface area contributed by atoms with E-state index in [0.29, 0.717) is 53.6 Å². The van der Waals surface area contributed by atoms with Gasteiger partial charge in [-0.2, -0.15) is 0 Å². The minimum absolute atomic E-state index is 0.00228. The number of hydrogen-bond acceptors (Lipinski definition) is 3. The molecule has 4 nitrogen and oxygen atoms in total. The average Bonchev–Trinajstić information content (AvgIpc) is 3.49. The van der Waals surface area contributed by atoms with Crippen molar-refractivity contribution >= 4 is 11.7 Å². The highest BCUT2D eigenvalue weighted by Gasteiger charge is 2.69. The molecule has 160 valence electrons. The van der Waals surface area contributed by atoms with E-state index < -0.39 is 5.91 Å². The summed E-state index contributed by atoms with van der Waals surface area (Å²) in [5, 5.41) is 2.62. The lowest BCUT2D eigenvalue weighted by molar-refractivity contribution is -0.119. The lowest BCUT2D eigenvalue weighted by Crippen LogP contribution is -2.52. The molecule has 0 heterocycles. The van der Waals surface area contributed by atoms with Crippen LogP contribution in [0, 0.1) is 57.2 Å². The molecule has 0 aliphatic heterocycles. The van der Waals surface area contributed by atoms with Crippen molar-refractivity contribution in [1.82, 2.24) is 0 Å². The van der Waals surface area contributed by atoms with Gasteiger partial charge in [0.05, 0.1) is 0 Å². The van der Waals surface area contributed by atoms with Crippen LogP contribution in [0.3, 0.4) is 0 Å². The van der Waals surface area contributed by atoms with E-state index in [2.05, 4.69) is 37.4 Å². The van der Waals surface area contributed by atoms with Crippen LogP contribution in [0.5, 0.6) is 0 Å². The second-order valence-corrected chi connectivity index (χ2v) is 10.8. The summed E-state index contributed by atoms with van der Waals surface area (Å²) in [5.41, 5.74) is 1.46. The van der Waals surface area contributed by atoms with Crippen LogP contribution in [0.1, 0.15) is 58.3 Å². The van der Waals surface area contributed by atoms with E-state index in [1.807, 2.05) is 6.08 Å². The molecule has 4 heteroatoms. The number of carbonyl (C=O) groups is 2. The molecule has 9 atom stereocenters. The van der Waals surface area contributed by atoms with Crippen LogP contribution in [0.4, 0.5) is 0 Å². The second-order valence-electron chi connectivity index (χ2n) is 10.8. The van der Waals surface area contributed by atoms with Crippen molar-refractivity contribution in [2.45, 2.75) is 58.3 Å². The largest absolute Gasteiger partial charge is 0.295 e. The molecule has 5 aliphatic rings. The number of carbonyl (C=O) groups excluding carboxylic acids is 2. The van der Waals surface area contributed by atoms with E-state index in [1.165, 1.54) is 18.4 Å². The number of amides is 1. The highest BCUT2D eigenvalue weighted by atomic mass is 16.3. The quantitative estimate of drug-likeness (QED) is 0.437. The Morgan fingerprint density at radius 3 is 2.73 bits per heavy atom. The molecule has 4 fully saturated rings. The average molecular weight is 408 g/mol. The smallest absolute Gasteiger partial charge is 0.286 e. The fourth-order valence-electron chi connectivity index (χ4n) is 8.91. The van der Waals surface area contributed by atoms with E-state index in [0.717, 1.165) is 25.7 Å². The highest BCUT2D eigenvalue weighted by Crippen LogP contribution is 2.75. The molecule has 1 amide bonds.